The van der Waals surface area contributed by atoms with Gasteiger partial charge in [-0.1, -0.05) is 28.1 Å². The van der Waals surface area contributed by atoms with E-state index in [1.54, 1.807) is 0 Å². The summed E-state index contributed by atoms with van der Waals surface area (Å²) in [6.45, 7) is 4.00. The Bertz CT molecular complexity index is 371. The molecule has 0 spiro atoms. The highest BCUT2D eigenvalue weighted by Gasteiger charge is 2.30. The number of aliphatic hydroxyl groups is 1. The summed E-state index contributed by atoms with van der Waals surface area (Å²) < 4.78 is 1.14. The van der Waals surface area contributed by atoms with Crippen LogP contribution in [-0.2, 0) is 0 Å². The predicted molar refractivity (Wildman–Crippen MR) is 78.8 cm³/mol. The minimum atomic E-state index is -0.213. The Labute approximate surface area is 118 Å². The van der Waals surface area contributed by atoms with Gasteiger partial charge in [0.1, 0.15) is 0 Å². The molecular formula is C15H22BrNO. The van der Waals surface area contributed by atoms with Crippen LogP contribution in [0.1, 0.15) is 44.6 Å². The number of hydrogen-bond donors (Lipinski definition) is 2. The monoisotopic (exact) mass is 311 g/mol. The lowest BCUT2D eigenvalue weighted by atomic mass is 9.75. The van der Waals surface area contributed by atoms with Gasteiger partial charge in [-0.15, -0.1) is 0 Å². The molecule has 2 rings (SSSR count). The van der Waals surface area contributed by atoms with Crippen LogP contribution in [0.5, 0.6) is 0 Å². The fraction of sp³-hybridized carbons (Fsp3) is 0.600. The number of benzene rings is 1. The van der Waals surface area contributed by atoms with Gasteiger partial charge in [-0.25, -0.2) is 0 Å². The van der Waals surface area contributed by atoms with E-state index >= 15 is 0 Å². The second-order valence-corrected chi connectivity index (χ2v) is 6.48. The number of aliphatic hydroxyl groups excluding tert-OH is 1. The van der Waals surface area contributed by atoms with Crippen molar-refractivity contribution in [1.82, 2.24) is 5.32 Å². The van der Waals surface area contributed by atoms with Gasteiger partial charge < -0.3 is 10.4 Å². The second kappa shape index (κ2) is 6.18. The van der Waals surface area contributed by atoms with Gasteiger partial charge in [0.2, 0.25) is 0 Å². The maximum atomic E-state index is 9.34. The molecular weight excluding hydrogens is 290 g/mol. The van der Waals surface area contributed by atoms with Gasteiger partial charge >= 0.3 is 0 Å². The quantitative estimate of drug-likeness (QED) is 0.873. The van der Waals surface area contributed by atoms with Gasteiger partial charge in [-0.2, -0.15) is 0 Å². The molecule has 0 radical (unpaired) electrons. The Hall–Kier alpha value is -0.380. The van der Waals surface area contributed by atoms with Crippen LogP contribution in [0.15, 0.2) is 28.7 Å². The molecule has 2 N–H and O–H groups in total. The van der Waals surface area contributed by atoms with E-state index in [0.717, 1.165) is 10.9 Å². The zero-order chi connectivity index (χ0) is 13.1. The molecule has 3 heteroatoms. The highest BCUT2D eigenvalue weighted by Crippen LogP contribution is 2.37. The van der Waals surface area contributed by atoms with E-state index in [0.29, 0.717) is 18.0 Å². The lowest BCUT2D eigenvalue weighted by molar-refractivity contribution is 0.159. The maximum absolute atomic E-state index is 9.34. The van der Waals surface area contributed by atoms with Crippen molar-refractivity contribution in [2.45, 2.75) is 57.2 Å². The zero-order valence-corrected chi connectivity index (χ0v) is 12.7. The molecule has 1 aromatic carbocycles. The average molecular weight is 312 g/mol. The Morgan fingerprint density at radius 2 is 1.89 bits per heavy atom. The molecule has 1 aliphatic carbocycles. The largest absolute Gasteiger partial charge is 0.393 e. The van der Waals surface area contributed by atoms with E-state index in [4.69, 9.17) is 0 Å². The van der Waals surface area contributed by atoms with Crippen molar-refractivity contribution < 1.29 is 5.11 Å². The molecule has 0 heterocycles. The smallest absolute Gasteiger partial charge is 0.0526 e. The maximum Gasteiger partial charge on any atom is 0.0526 e. The lowest BCUT2D eigenvalue weighted by Gasteiger charge is -2.38. The van der Waals surface area contributed by atoms with Gasteiger partial charge in [-0.05, 0) is 56.7 Å². The molecule has 2 nitrogen and oxygen atoms in total. The number of rotatable bonds is 5. The molecule has 0 amide bonds. The predicted octanol–water partition coefficient (Wildman–Crippen LogP) is 3.44. The minimum absolute atomic E-state index is 0.213. The van der Waals surface area contributed by atoms with Crippen molar-refractivity contribution in [1.29, 1.82) is 0 Å². The van der Waals surface area contributed by atoms with Crippen LogP contribution in [0.3, 0.4) is 0 Å². The Balaban J connectivity index is 1.75. The molecule has 0 bridgehead atoms. The molecule has 2 unspecified atom stereocenters. The van der Waals surface area contributed by atoms with Crippen molar-refractivity contribution >= 4 is 15.9 Å². The molecule has 2 atom stereocenters. The topological polar surface area (TPSA) is 32.3 Å². The molecule has 0 aromatic heterocycles. The van der Waals surface area contributed by atoms with Crippen molar-refractivity contribution in [2.75, 3.05) is 0 Å². The number of halogens is 1. The van der Waals surface area contributed by atoms with Gasteiger partial charge in [-0.3, -0.25) is 0 Å². The molecule has 1 aromatic rings. The Morgan fingerprint density at radius 1 is 1.28 bits per heavy atom. The second-order valence-electron chi connectivity index (χ2n) is 5.57. The van der Waals surface area contributed by atoms with E-state index in [1.807, 2.05) is 6.92 Å². The van der Waals surface area contributed by atoms with E-state index in [-0.39, 0.29) is 6.10 Å². The SMILES string of the molecule is CC(O)CC(C)NC1CC(c2ccc(Br)cc2)C1. The van der Waals surface area contributed by atoms with Gasteiger partial charge in [0.05, 0.1) is 6.10 Å². The molecule has 1 aliphatic rings. The van der Waals surface area contributed by atoms with Crippen LogP contribution in [0.25, 0.3) is 0 Å². The standard InChI is InChI=1S/C15H22BrNO/c1-10(7-11(2)18)17-15-8-13(9-15)12-3-5-14(16)6-4-12/h3-6,10-11,13,15,17-18H,7-9H2,1-2H3. The van der Waals surface area contributed by atoms with Crippen molar-refractivity contribution in [2.24, 2.45) is 0 Å². The molecule has 100 valence electrons. The molecule has 1 saturated carbocycles. The Kier molecular flexibility index (Phi) is 4.82. The summed E-state index contributed by atoms with van der Waals surface area (Å²) >= 11 is 3.47. The third kappa shape index (κ3) is 3.81. The van der Waals surface area contributed by atoms with E-state index < -0.39 is 0 Å². The van der Waals surface area contributed by atoms with Crippen LogP contribution in [0, 0.1) is 0 Å². The highest BCUT2D eigenvalue weighted by molar-refractivity contribution is 9.10. The first-order valence-corrected chi connectivity index (χ1v) is 7.53. The fourth-order valence-corrected chi connectivity index (χ4v) is 3.01. The van der Waals surface area contributed by atoms with Gasteiger partial charge in [0, 0.05) is 16.6 Å². The van der Waals surface area contributed by atoms with Crippen molar-refractivity contribution in [3.05, 3.63) is 34.3 Å². The molecule has 1 fully saturated rings. The van der Waals surface area contributed by atoms with E-state index in [1.165, 1.54) is 18.4 Å². The highest BCUT2D eigenvalue weighted by atomic mass is 79.9. The fourth-order valence-electron chi connectivity index (χ4n) is 2.74. The molecule has 0 saturated heterocycles. The summed E-state index contributed by atoms with van der Waals surface area (Å²) in [5, 5.41) is 12.9. The van der Waals surface area contributed by atoms with Crippen LogP contribution in [0.2, 0.25) is 0 Å². The van der Waals surface area contributed by atoms with E-state index in [2.05, 4.69) is 52.4 Å². The van der Waals surface area contributed by atoms with Gasteiger partial charge in [0.25, 0.3) is 0 Å². The zero-order valence-electron chi connectivity index (χ0n) is 11.1. The molecule has 0 aliphatic heterocycles. The van der Waals surface area contributed by atoms with Crippen LogP contribution in [-0.4, -0.2) is 23.3 Å². The first-order chi connectivity index (χ1) is 8.54. The lowest BCUT2D eigenvalue weighted by Crippen LogP contribution is -2.45. The Morgan fingerprint density at radius 3 is 2.44 bits per heavy atom. The minimum Gasteiger partial charge on any atom is -0.393 e. The van der Waals surface area contributed by atoms with Crippen molar-refractivity contribution in [3.8, 4) is 0 Å². The summed E-state index contributed by atoms with van der Waals surface area (Å²) in [6.07, 6.45) is 3.05. The summed E-state index contributed by atoms with van der Waals surface area (Å²) in [5.41, 5.74) is 1.44. The average Bonchev–Trinajstić information content (AvgIpc) is 2.23. The van der Waals surface area contributed by atoms with Crippen LogP contribution < -0.4 is 5.32 Å². The summed E-state index contributed by atoms with van der Waals surface area (Å²) in [7, 11) is 0. The summed E-state index contributed by atoms with van der Waals surface area (Å²) in [6, 6.07) is 9.68. The van der Waals surface area contributed by atoms with Crippen LogP contribution in [0.4, 0.5) is 0 Å². The number of hydrogen-bond acceptors (Lipinski definition) is 2. The summed E-state index contributed by atoms with van der Waals surface area (Å²) in [4.78, 5) is 0. The van der Waals surface area contributed by atoms with Crippen LogP contribution >= 0.6 is 15.9 Å². The number of nitrogens with one attached hydrogen (secondary N) is 1. The van der Waals surface area contributed by atoms with E-state index in [9.17, 15) is 5.11 Å². The first kappa shape index (κ1) is 14.0. The normalized spacial score (nSPS) is 26.4. The van der Waals surface area contributed by atoms with Crippen molar-refractivity contribution in [3.63, 3.8) is 0 Å². The third-order valence-electron chi connectivity index (χ3n) is 3.69. The summed E-state index contributed by atoms with van der Waals surface area (Å²) in [5.74, 6) is 0.703. The first-order valence-electron chi connectivity index (χ1n) is 6.74. The molecule has 18 heavy (non-hydrogen) atoms. The van der Waals surface area contributed by atoms with Gasteiger partial charge in [0.15, 0.2) is 0 Å². The third-order valence-corrected chi connectivity index (χ3v) is 4.22.